The van der Waals surface area contributed by atoms with Crippen LogP contribution in [-0.2, 0) is 22.6 Å². The van der Waals surface area contributed by atoms with Gasteiger partial charge >= 0.3 is 5.97 Å². The Balaban J connectivity index is 0.00000116. The van der Waals surface area contributed by atoms with Gasteiger partial charge in [-0.05, 0) is 24.5 Å². The van der Waals surface area contributed by atoms with Crippen LogP contribution in [0.25, 0.3) is 0 Å². The predicted molar refractivity (Wildman–Crippen MR) is 90.4 cm³/mol. The third kappa shape index (κ3) is 6.10. The van der Waals surface area contributed by atoms with Crippen LogP contribution in [0.2, 0.25) is 0 Å². The van der Waals surface area contributed by atoms with Gasteiger partial charge in [-0.15, -0.1) is 0 Å². The van der Waals surface area contributed by atoms with E-state index in [1.807, 2.05) is 75.4 Å². The third-order valence-electron chi connectivity index (χ3n) is 3.06. The average Bonchev–Trinajstić information content (AvgIpc) is 2.55. The van der Waals surface area contributed by atoms with Crippen molar-refractivity contribution in [2.75, 3.05) is 0 Å². The summed E-state index contributed by atoms with van der Waals surface area (Å²) in [6, 6.07) is 16.9. The lowest BCUT2D eigenvalue weighted by Crippen LogP contribution is -2.34. The Kier molecular flexibility index (Phi) is 7.94. The van der Waals surface area contributed by atoms with Gasteiger partial charge in [0.05, 0.1) is 0 Å². The number of benzene rings is 2. The summed E-state index contributed by atoms with van der Waals surface area (Å²) in [6.07, 6.45) is 0.495. The van der Waals surface area contributed by atoms with E-state index in [0.29, 0.717) is 6.42 Å². The lowest BCUT2D eigenvalue weighted by Gasteiger charge is -2.12. The van der Waals surface area contributed by atoms with Crippen molar-refractivity contribution in [1.82, 2.24) is 0 Å². The molecule has 0 aliphatic rings. The molecule has 118 valence electrons. The van der Waals surface area contributed by atoms with E-state index in [9.17, 15) is 4.79 Å². The number of carbonyl (C=O) groups is 1. The van der Waals surface area contributed by atoms with E-state index in [1.165, 1.54) is 0 Å². The van der Waals surface area contributed by atoms with Crippen LogP contribution in [-0.4, -0.2) is 12.0 Å². The Morgan fingerprint density at radius 1 is 1.05 bits per heavy atom. The molecule has 0 amide bonds. The molecular weight excluding hydrogens is 274 g/mol. The standard InChI is InChI=1S/C17H19NO2.C2H6/c1-13-6-5-9-15(10-13)11-16(18)17(19)20-12-14-7-3-2-4-8-14;1-2/h2-10,16H,11-12,18H2,1H3;1-2H3. The minimum Gasteiger partial charge on any atom is -0.460 e. The van der Waals surface area contributed by atoms with Gasteiger partial charge in [-0.2, -0.15) is 0 Å². The Bertz CT molecular complexity index is 567. The smallest absolute Gasteiger partial charge is 0.323 e. The first-order valence-corrected chi connectivity index (χ1v) is 7.67. The first kappa shape index (κ1) is 17.9. The Morgan fingerprint density at radius 2 is 1.68 bits per heavy atom. The molecule has 0 saturated heterocycles. The largest absolute Gasteiger partial charge is 0.460 e. The number of nitrogens with two attached hydrogens (primary N) is 1. The summed E-state index contributed by atoms with van der Waals surface area (Å²) in [4.78, 5) is 11.9. The fourth-order valence-corrected chi connectivity index (χ4v) is 2.01. The lowest BCUT2D eigenvalue weighted by molar-refractivity contribution is -0.146. The van der Waals surface area contributed by atoms with Crippen LogP contribution in [0, 0.1) is 6.92 Å². The van der Waals surface area contributed by atoms with Crippen LogP contribution in [0.5, 0.6) is 0 Å². The molecule has 1 atom stereocenters. The van der Waals surface area contributed by atoms with E-state index in [1.54, 1.807) is 0 Å². The summed E-state index contributed by atoms with van der Waals surface area (Å²) in [5.74, 6) is -0.365. The van der Waals surface area contributed by atoms with E-state index in [2.05, 4.69) is 0 Å². The van der Waals surface area contributed by atoms with E-state index >= 15 is 0 Å². The lowest BCUT2D eigenvalue weighted by atomic mass is 10.0. The van der Waals surface area contributed by atoms with E-state index in [0.717, 1.165) is 16.7 Å². The summed E-state index contributed by atoms with van der Waals surface area (Å²) in [5, 5.41) is 0. The molecule has 3 heteroatoms. The normalized spacial score (nSPS) is 11.1. The molecule has 2 rings (SSSR count). The fraction of sp³-hybridized carbons (Fsp3) is 0.316. The molecule has 0 heterocycles. The SMILES string of the molecule is CC.Cc1cccc(CC(N)C(=O)OCc2ccccc2)c1. The van der Waals surface area contributed by atoms with Crippen molar-refractivity contribution in [2.24, 2.45) is 5.73 Å². The number of rotatable bonds is 5. The monoisotopic (exact) mass is 299 g/mol. The minimum atomic E-state index is -0.625. The molecular formula is C19H25NO2. The maximum absolute atomic E-state index is 11.9. The molecule has 22 heavy (non-hydrogen) atoms. The predicted octanol–water partition coefficient (Wildman–Crippen LogP) is 3.63. The fourth-order valence-electron chi connectivity index (χ4n) is 2.01. The molecule has 2 aromatic rings. The Morgan fingerprint density at radius 3 is 2.32 bits per heavy atom. The van der Waals surface area contributed by atoms with E-state index < -0.39 is 6.04 Å². The number of hydrogen-bond donors (Lipinski definition) is 1. The van der Waals surface area contributed by atoms with Gasteiger partial charge in [0.1, 0.15) is 12.6 Å². The zero-order valence-electron chi connectivity index (χ0n) is 13.6. The van der Waals surface area contributed by atoms with Crippen molar-refractivity contribution in [2.45, 2.75) is 39.8 Å². The molecule has 0 aliphatic heterocycles. The highest BCUT2D eigenvalue weighted by molar-refractivity contribution is 5.75. The highest BCUT2D eigenvalue weighted by Gasteiger charge is 2.15. The molecule has 0 fully saturated rings. The van der Waals surface area contributed by atoms with E-state index in [-0.39, 0.29) is 12.6 Å². The molecule has 2 N–H and O–H groups in total. The summed E-state index contributed by atoms with van der Waals surface area (Å²) in [6.45, 7) is 6.28. The van der Waals surface area contributed by atoms with Gasteiger partial charge in [-0.25, -0.2) is 0 Å². The molecule has 0 spiro atoms. The number of ether oxygens (including phenoxy) is 1. The van der Waals surface area contributed by atoms with Crippen molar-refractivity contribution in [3.8, 4) is 0 Å². The Labute approximate surface area is 133 Å². The van der Waals surface area contributed by atoms with Crippen LogP contribution in [0.15, 0.2) is 54.6 Å². The summed E-state index contributed by atoms with van der Waals surface area (Å²) in [5.41, 5.74) is 9.06. The van der Waals surface area contributed by atoms with Gasteiger partial charge in [0.2, 0.25) is 0 Å². The molecule has 1 unspecified atom stereocenters. The maximum atomic E-state index is 11.9. The van der Waals surface area contributed by atoms with Crippen LogP contribution < -0.4 is 5.73 Å². The second kappa shape index (κ2) is 9.74. The molecule has 0 saturated carbocycles. The maximum Gasteiger partial charge on any atom is 0.323 e. The molecule has 0 radical (unpaired) electrons. The molecule has 3 nitrogen and oxygen atoms in total. The zero-order chi connectivity index (χ0) is 16.4. The van der Waals surface area contributed by atoms with Gasteiger partial charge in [-0.3, -0.25) is 4.79 Å². The average molecular weight is 299 g/mol. The Hall–Kier alpha value is -2.13. The van der Waals surface area contributed by atoms with Crippen LogP contribution in [0.3, 0.4) is 0 Å². The molecule has 0 bridgehead atoms. The molecule has 0 aliphatic carbocycles. The number of esters is 1. The van der Waals surface area contributed by atoms with Crippen LogP contribution in [0.1, 0.15) is 30.5 Å². The van der Waals surface area contributed by atoms with Gasteiger partial charge < -0.3 is 10.5 Å². The van der Waals surface area contributed by atoms with Crippen molar-refractivity contribution in [1.29, 1.82) is 0 Å². The summed E-state index contributed by atoms with van der Waals surface area (Å²) in [7, 11) is 0. The number of carbonyl (C=O) groups excluding carboxylic acids is 1. The van der Waals surface area contributed by atoms with Gasteiger partial charge in [0, 0.05) is 0 Å². The first-order valence-electron chi connectivity index (χ1n) is 7.67. The molecule has 0 aromatic heterocycles. The highest BCUT2D eigenvalue weighted by Crippen LogP contribution is 2.08. The van der Waals surface area contributed by atoms with Crippen LogP contribution >= 0.6 is 0 Å². The summed E-state index contributed by atoms with van der Waals surface area (Å²) >= 11 is 0. The summed E-state index contributed by atoms with van der Waals surface area (Å²) < 4.78 is 5.23. The van der Waals surface area contributed by atoms with Crippen LogP contribution in [0.4, 0.5) is 0 Å². The van der Waals surface area contributed by atoms with Gasteiger partial charge in [0.15, 0.2) is 0 Å². The zero-order valence-corrected chi connectivity index (χ0v) is 13.6. The minimum absolute atomic E-state index is 0.265. The number of aryl methyl sites for hydroxylation is 1. The number of hydrogen-bond acceptors (Lipinski definition) is 3. The second-order valence-corrected chi connectivity index (χ2v) is 4.89. The van der Waals surface area contributed by atoms with Crippen molar-refractivity contribution >= 4 is 5.97 Å². The van der Waals surface area contributed by atoms with Crippen molar-refractivity contribution in [3.05, 3.63) is 71.3 Å². The van der Waals surface area contributed by atoms with Crippen molar-refractivity contribution < 1.29 is 9.53 Å². The quantitative estimate of drug-likeness (QED) is 0.858. The highest BCUT2D eigenvalue weighted by atomic mass is 16.5. The van der Waals surface area contributed by atoms with Gasteiger partial charge in [0.25, 0.3) is 0 Å². The third-order valence-corrected chi connectivity index (χ3v) is 3.06. The second-order valence-electron chi connectivity index (χ2n) is 4.89. The van der Waals surface area contributed by atoms with Gasteiger partial charge in [-0.1, -0.05) is 74.0 Å². The van der Waals surface area contributed by atoms with E-state index in [4.69, 9.17) is 10.5 Å². The van der Waals surface area contributed by atoms with Crippen molar-refractivity contribution in [3.63, 3.8) is 0 Å². The first-order chi connectivity index (χ1) is 10.6. The molecule has 2 aromatic carbocycles. The topological polar surface area (TPSA) is 52.3 Å².